The van der Waals surface area contributed by atoms with Gasteiger partial charge in [0, 0.05) is 31.3 Å². The number of carboxylic acids is 1. The van der Waals surface area contributed by atoms with Gasteiger partial charge in [0.2, 0.25) is 5.91 Å². The molecule has 0 bridgehead atoms. The van der Waals surface area contributed by atoms with E-state index in [2.05, 4.69) is 10.6 Å². The first kappa shape index (κ1) is 25.9. The van der Waals surface area contributed by atoms with Gasteiger partial charge in [0.15, 0.2) is 0 Å². The lowest BCUT2D eigenvalue weighted by Gasteiger charge is -2.30. The fourth-order valence-electron chi connectivity index (χ4n) is 4.43. The van der Waals surface area contributed by atoms with E-state index in [1.807, 2.05) is 13.0 Å². The number of rotatable bonds is 8. The Labute approximate surface area is 217 Å². The molecule has 1 aliphatic heterocycles. The number of hydrogen-bond acceptors (Lipinski definition) is 6. The highest BCUT2D eigenvalue weighted by atomic mass is 32.1. The summed E-state index contributed by atoms with van der Waals surface area (Å²) < 4.78 is 5.23. The lowest BCUT2D eigenvalue weighted by molar-refractivity contribution is -0.139. The predicted octanol–water partition coefficient (Wildman–Crippen LogP) is 3.17. The highest BCUT2D eigenvalue weighted by Gasteiger charge is 2.27. The zero-order chi connectivity index (χ0) is 26.5. The van der Waals surface area contributed by atoms with E-state index in [0.29, 0.717) is 41.3 Å². The smallest absolute Gasteiger partial charge is 0.328 e. The molecule has 3 aromatic rings. The van der Waals surface area contributed by atoms with Gasteiger partial charge in [0.1, 0.15) is 11.8 Å². The molecule has 9 nitrogen and oxygen atoms in total. The van der Waals surface area contributed by atoms with Crippen molar-refractivity contribution in [1.82, 2.24) is 15.5 Å². The number of hydrogen-bond donors (Lipinski definition) is 3. The van der Waals surface area contributed by atoms with Crippen molar-refractivity contribution in [2.45, 2.75) is 32.9 Å². The van der Waals surface area contributed by atoms with Gasteiger partial charge in [-0.05, 0) is 72.2 Å². The van der Waals surface area contributed by atoms with E-state index in [4.69, 9.17) is 4.42 Å². The summed E-state index contributed by atoms with van der Waals surface area (Å²) in [6.45, 7) is 4.28. The quantitative estimate of drug-likeness (QED) is 0.391. The summed E-state index contributed by atoms with van der Waals surface area (Å²) >= 11 is 1.24. The maximum Gasteiger partial charge on any atom is 0.328 e. The molecule has 0 radical (unpaired) electrons. The summed E-state index contributed by atoms with van der Waals surface area (Å²) in [7, 11) is 0. The third kappa shape index (κ3) is 5.97. The number of fused-ring (bicyclic) bond motifs is 1. The monoisotopic (exact) mass is 521 g/mol. The zero-order valence-corrected chi connectivity index (χ0v) is 21.3. The van der Waals surface area contributed by atoms with Crippen LogP contribution in [0.15, 0.2) is 52.5 Å². The number of furan rings is 1. The molecule has 1 aliphatic rings. The van der Waals surface area contributed by atoms with Gasteiger partial charge in [-0.25, -0.2) is 4.79 Å². The minimum atomic E-state index is -1.29. The van der Waals surface area contributed by atoms with Crippen LogP contribution >= 0.6 is 11.3 Å². The average Bonchev–Trinajstić information content (AvgIpc) is 3.59. The van der Waals surface area contributed by atoms with Gasteiger partial charge in [-0.1, -0.05) is 12.1 Å². The SMILES string of the molecule is Cc1cc2c(c(C)c1C(=O)NC(CNC(=O)c1cccs1)C(=O)O)CCN(C(=O)C=Cc1ccco1)C2. The van der Waals surface area contributed by atoms with Crippen LogP contribution in [0.3, 0.4) is 0 Å². The number of benzene rings is 1. The van der Waals surface area contributed by atoms with Gasteiger partial charge in [-0.3, -0.25) is 14.4 Å². The van der Waals surface area contributed by atoms with Crippen molar-refractivity contribution in [1.29, 1.82) is 0 Å². The molecular weight excluding hydrogens is 494 g/mol. The number of nitrogens with zero attached hydrogens (tertiary/aromatic N) is 1. The van der Waals surface area contributed by atoms with E-state index in [1.54, 1.807) is 53.8 Å². The van der Waals surface area contributed by atoms with E-state index >= 15 is 0 Å². The topological polar surface area (TPSA) is 129 Å². The van der Waals surface area contributed by atoms with Crippen LogP contribution in [0.25, 0.3) is 6.08 Å². The fourth-order valence-corrected chi connectivity index (χ4v) is 5.07. The molecule has 1 aromatic carbocycles. The van der Waals surface area contributed by atoms with Crippen molar-refractivity contribution < 1.29 is 28.7 Å². The molecule has 0 spiro atoms. The van der Waals surface area contributed by atoms with E-state index in [1.165, 1.54) is 17.4 Å². The third-order valence-electron chi connectivity index (χ3n) is 6.28. The van der Waals surface area contributed by atoms with Crippen molar-refractivity contribution in [3.05, 3.63) is 86.5 Å². The second-order valence-electron chi connectivity index (χ2n) is 8.74. The summed E-state index contributed by atoms with van der Waals surface area (Å²) in [5.41, 5.74) is 3.79. The maximum atomic E-state index is 13.2. The van der Waals surface area contributed by atoms with E-state index in [9.17, 15) is 24.3 Å². The molecule has 1 unspecified atom stereocenters. The molecule has 2 aromatic heterocycles. The normalized spacial score (nSPS) is 13.7. The molecule has 3 heterocycles. The Balaban J connectivity index is 1.45. The predicted molar refractivity (Wildman–Crippen MR) is 138 cm³/mol. The number of carbonyl (C=O) groups is 4. The van der Waals surface area contributed by atoms with Crippen molar-refractivity contribution in [2.75, 3.05) is 13.1 Å². The van der Waals surface area contributed by atoms with Crippen LogP contribution in [0, 0.1) is 13.8 Å². The number of aliphatic carboxylic acids is 1. The maximum absolute atomic E-state index is 13.2. The summed E-state index contributed by atoms with van der Waals surface area (Å²) in [6, 6.07) is 7.46. The molecule has 3 N–H and O–H groups in total. The zero-order valence-electron chi connectivity index (χ0n) is 20.4. The lowest BCUT2D eigenvalue weighted by atomic mass is 9.88. The van der Waals surface area contributed by atoms with Crippen LogP contribution < -0.4 is 10.6 Å². The van der Waals surface area contributed by atoms with E-state index in [-0.39, 0.29) is 12.5 Å². The fraction of sp³-hybridized carbons (Fsp3) is 0.259. The second kappa shape index (κ2) is 11.3. The first-order valence-corrected chi connectivity index (χ1v) is 12.6. The number of thiophene rings is 1. The van der Waals surface area contributed by atoms with Gasteiger partial charge in [0.25, 0.3) is 11.8 Å². The molecule has 0 saturated heterocycles. The second-order valence-corrected chi connectivity index (χ2v) is 9.69. The van der Waals surface area contributed by atoms with Gasteiger partial charge in [-0.2, -0.15) is 0 Å². The lowest BCUT2D eigenvalue weighted by Crippen LogP contribution is -2.48. The molecule has 3 amide bonds. The Morgan fingerprint density at radius 3 is 2.68 bits per heavy atom. The van der Waals surface area contributed by atoms with Crippen molar-refractivity contribution in [3.8, 4) is 0 Å². The van der Waals surface area contributed by atoms with Gasteiger partial charge in [0.05, 0.1) is 11.1 Å². The molecule has 192 valence electrons. The highest BCUT2D eigenvalue weighted by Crippen LogP contribution is 2.28. The Morgan fingerprint density at radius 2 is 2.00 bits per heavy atom. The Morgan fingerprint density at radius 1 is 1.19 bits per heavy atom. The summed E-state index contributed by atoms with van der Waals surface area (Å²) in [5, 5.41) is 16.5. The molecule has 4 rings (SSSR count). The molecule has 0 fully saturated rings. The van der Waals surface area contributed by atoms with Crippen molar-refractivity contribution in [2.24, 2.45) is 0 Å². The first-order valence-electron chi connectivity index (χ1n) is 11.7. The summed E-state index contributed by atoms with van der Waals surface area (Å²) in [4.78, 5) is 52.0. The van der Waals surface area contributed by atoms with Crippen LogP contribution in [0.1, 0.15) is 48.0 Å². The number of amides is 3. The van der Waals surface area contributed by atoms with Gasteiger partial charge >= 0.3 is 5.97 Å². The van der Waals surface area contributed by atoms with Crippen molar-refractivity contribution in [3.63, 3.8) is 0 Å². The standard InChI is InChI=1S/C27H27N3O6S/c1-16-13-18-15-30(23(31)8-7-19-5-3-11-36-19)10-9-20(18)17(2)24(16)26(33)29-21(27(34)35)14-28-25(32)22-6-4-12-37-22/h3-8,11-13,21H,9-10,14-15H2,1-2H3,(H,28,32)(H,29,33)(H,34,35). The Hall–Kier alpha value is -4.18. The Kier molecular flexibility index (Phi) is 7.88. The largest absolute Gasteiger partial charge is 0.480 e. The molecule has 0 aliphatic carbocycles. The first-order chi connectivity index (χ1) is 17.7. The highest BCUT2D eigenvalue weighted by molar-refractivity contribution is 7.12. The summed E-state index contributed by atoms with van der Waals surface area (Å²) in [6.07, 6.45) is 5.22. The summed E-state index contributed by atoms with van der Waals surface area (Å²) in [5.74, 6) is -1.69. The van der Waals surface area contributed by atoms with Gasteiger partial charge < -0.3 is 25.1 Å². The number of nitrogens with one attached hydrogen (secondary N) is 2. The minimum absolute atomic E-state index is 0.131. The Bertz CT molecular complexity index is 1340. The average molecular weight is 522 g/mol. The van der Waals surface area contributed by atoms with Crippen molar-refractivity contribution >= 4 is 41.1 Å². The molecule has 0 saturated carbocycles. The number of aryl methyl sites for hydroxylation is 1. The van der Waals surface area contributed by atoms with Crippen LogP contribution in [0.2, 0.25) is 0 Å². The number of carbonyl (C=O) groups excluding carboxylic acids is 3. The van der Waals surface area contributed by atoms with Crippen LogP contribution in [-0.4, -0.2) is 52.8 Å². The minimum Gasteiger partial charge on any atom is -0.480 e. The third-order valence-corrected chi connectivity index (χ3v) is 7.15. The number of carboxylic acid groups (broad SMARTS) is 1. The van der Waals surface area contributed by atoms with Crippen LogP contribution in [-0.2, 0) is 22.6 Å². The van der Waals surface area contributed by atoms with Crippen LogP contribution in [0.5, 0.6) is 0 Å². The molecular formula is C27H27N3O6S. The molecule has 10 heteroatoms. The van der Waals surface area contributed by atoms with Gasteiger partial charge in [-0.15, -0.1) is 11.3 Å². The van der Waals surface area contributed by atoms with E-state index in [0.717, 1.165) is 16.7 Å². The molecule has 1 atom stereocenters. The molecule has 37 heavy (non-hydrogen) atoms. The van der Waals surface area contributed by atoms with E-state index < -0.39 is 23.8 Å². The van der Waals surface area contributed by atoms with Crippen LogP contribution in [0.4, 0.5) is 0 Å².